The quantitative estimate of drug-likeness (QED) is 0.550. The molecule has 0 aliphatic heterocycles. The van der Waals surface area contributed by atoms with Crippen molar-refractivity contribution < 1.29 is 24.5 Å². The molecule has 1 amide bonds. The van der Waals surface area contributed by atoms with E-state index in [4.69, 9.17) is 14.9 Å². The number of carbonyl (C=O) groups is 2. The van der Waals surface area contributed by atoms with Gasteiger partial charge in [-0.15, -0.1) is 6.58 Å². The lowest BCUT2D eigenvalue weighted by molar-refractivity contribution is -0.140. The SMILES string of the molecule is C=CCO.C=CCOC(=O)NC1(c2cnccn2)CC1.O=C(O)C1(c2cnccn2)CC1. The van der Waals surface area contributed by atoms with Gasteiger partial charge in [0.2, 0.25) is 0 Å². The van der Waals surface area contributed by atoms with Gasteiger partial charge in [0.15, 0.2) is 0 Å². The lowest BCUT2D eigenvalue weighted by Crippen LogP contribution is -2.36. The molecule has 2 aromatic rings. The van der Waals surface area contributed by atoms with Crippen molar-refractivity contribution in [3.8, 4) is 0 Å². The van der Waals surface area contributed by atoms with Gasteiger partial charge in [0.05, 0.1) is 29.7 Å². The van der Waals surface area contributed by atoms with Crippen LogP contribution in [-0.2, 0) is 20.5 Å². The van der Waals surface area contributed by atoms with Gasteiger partial charge in [-0.05, 0) is 25.7 Å². The summed E-state index contributed by atoms with van der Waals surface area (Å²) in [4.78, 5) is 38.2. The number of rotatable bonds is 7. The Morgan fingerprint density at radius 1 is 1.00 bits per heavy atom. The highest BCUT2D eigenvalue weighted by Gasteiger charge is 2.53. The van der Waals surface area contributed by atoms with Crippen molar-refractivity contribution in [1.82, 2.24) is 25.3 Å². The Hall–Kier alpha value is -3.66. The van der Waals surface area contributed by atoms with Crippen LogP contribution in [0.2, 0.25) is 0 Å². The van der Waals surface area contributed by atoms with Gasteiger partial charge in [0.25, 0.3) is 0 Å². The first-order valence-corrected chi connectivity index (χ1v) is 9.98. The van der Waals surface area contributed by atoms with Crippen molar-refractivity contribution in [2.45, 2.75) is 36.6 Å². The fourth-order valence-electron chi connectivity index (χ4n) is 2.73. The highest BCUT2D eigenvalue weighted by molar-refractivity contribution is 5.84. The third-order valence-corrected chi connectivity index (χ3v) is 4.82. The Kier molecular flexibility index (Phi) is 8.96. The molecule has 0 atom stereocenters. The first kappa shape index (κ1) is 24.6. The molecule has 4 rings (SSSR count). The van der Waals surface area contributed by atoms with Crippen molar-refractivity contribution in [1.29, 1.82) is 0 Å². The standard InChI is InChI=1S/C11H13N3O2.C8H8N2O2.C3H6O/c1-2-7-16-10(15)14-11(3-4-11)9-8-12-5-6-13-9;11-7(12)8(1-2-8)6-5-9-3-4-10-6;1-2-3-4/h2,5-6,8H,1,3-4,7H2,(H,14,15);3-5H,1-2H2,(H,11,12);2,4H,1,3H2. The van der Waals surface area contributed by atoms with Crippen LogP contribution in [0.4, 0.5) is 4.79 Å². The molecule has 2 heterocycles. The number of carboxylic acid groups (broad SMARTS) is 1. The maximum absolute atomic E-state index is 11.4. The second-order valence-electron chi connectivity index (χ2n) is 7.13. The molecule has 3 N–H and O–H groups in total. The van der Waals surface area contributed by atoms with Crippen LogP contribution >= 0.6 is 0 Å². The number of hydrogen-bond acceptors (Lipinski definition) is 8. The summed E-state index contributed by atoms with van der Waals surface area (Å²) in [7, 11) is 0. The third kappa shape index (κ3) is 6.67. The first-order valence-electron chi connectivity index (χ1n) is 9.98. The topological polar surface area (TPSA) is 147 Å². The molecular weight excluding hydrogens is 414 g/mol. The predicted molar refractivity (Wildman–Crippen MR) is 115 cm³/mol. The summed E-state index contributed by atoms with van der Waals surface area (Å²) in [5.41, 5.74) is 0.281. The van der Waals surface area contributed by atoms with Gasteiger partial charge >= 0.3 is 12.1 Å². The summed E-state index contributed by atoms with van der Waals surface area (Å²) >= 11 is 0. The maximum Gasteiger partial charge on any atom is 0.408 e. The lowest BCUT2D eigenvalue weighted by atomic mass is 10.0. The van der Waals surface area contributed by atoms with Crippen LogP contribution in [0.15, 0.2) is 62.5 Å². The monoisotopic (exact) mass is 441 g/mol. The zero-order valence-electron chi connectivity index (χ0n) is 17.7. The average Bonchev–Trinajstić information content (AvgIpc) is 3.75. The highest BCUT2D eigenvalue weighted by atomic mass is 16.5. The number of aliphatic hydroxyl groups excluding tert-OH is 1. The van der Waals surface area contributed by atoms with Crippen molar-refractivity contribution in [2.75, 3.05) is 13.2 Å². The second kappa shape index (κ2) is 11.7. The Morgan fingerprint density at radius 3 is 1.94 bits per heavy atom. The molecule has 10 nitrogen and oxygen atoms in total. The van der Waals surface area contributed by atoms with Crippen LogP contribution in [-0.4, -0.2) is 55.4 Å². The summed E-state index contributed by atoms with van der Waals surface area (Å²) in [6, 6.07) is 0. The molecular formula is C22H27N5O5. The molecule has 0 radical (unpaired) electrons. The van der Waals surface area contributed by atoms with Gasteiger partial charge in [0, 0.05) is 31.0 Å². The van der Waals surface area contributed by atoms with Crippen molar-refractivity contribution >= 4 is 12.1 Å². The number of nitrogens with one attached hydrogen (secondary N) is 1. The molecule has 0 saturated heterocycles. The van der Waals surface area contributed by atoms with E-state index < -0.39 is 17.5 Å². The number of carboxylic acids is 1. The van der Waals surface area contributed by atoms with Gasteiger partial charge in [-0.2, -0.15) is 0 Å². The summed E-state index contributed by atoms with van der Waals surface area (Å²) in [6.45, 7) is 7.00. The molecule has 32 heavy (non-hydrogen) atoms. The van der Waals surface area contributed by atoms with E-state index in [1.54, 1.807) is 24.8 Å². The van der Waals surface area contributed by atoms with Crippen LogP contribution < -0.4 is 5.32 Å². The molecule has 0 spiro atoms. The number of nitrogens with zero attached hydrogens (tertiary/aromatic N) is 4. The summed E-state index contributed by atoms with van der Waals surface area (Å²) < 4.78 is 4.87. The van der Waals surface area contributed by atoms with Gasteiger partial charge in [0.1, 0.15) is 12.0 Å². The van der Waals surface area contributed by atoms with Crippen molar-refractivity contribution in [3.63, 3.8) is 0 Å². The normalized spacial score (nSPS) is 15.9. The van der Waals surface area contributed by atoms with E-state index in [0.29, 0.717) is 18.5 Å². The molecule has 0 aromatic carbocycles. The van der Waals surface area contributed by atoms with Crippen LogP contribution in [0, 0.1) is 0 Å². The number of hydrogen-bond donors (Lipinski definition) is 3. The zero-order chi connectivity index (χ0) is 23.5. The fourth-order valence-corrected chi connectivity index (χ4v) is 2.73. The van der Waals surface area contributed by atoms with Crippen LogP contribution in [0.3, 0.4) is 0 Å². The van der Waals surface area contributed by atoms with E-state index in [0.717, 1.165) is 18.5 Å². The Labute approximate surface area is 186 Å². The molecule has 2 fully saturated rings. The molecule has 170 valence electrons. The van der Waals surface area contributed by atoms with E-state index in [9.17, 15) is 9.59 Å². The molecule has 2 saturated carbocycles. The van der Waals surface area contributed by atoms with Crippen molar-refractivity contribution in [2.24, 2.45) is 0 Å². The fraction of sp³-hybridized carbons (Fsp3) is 0.364. The summed E-state index contributed by atoms with van der Waals surface area (Å²) in [6.07, 6.45) is 15.1. The minimum atomic E-state index is -0.789. The Bertz CT molecular complexity index is 899. The second-order valence-corrected chi connectivity index (χ2v) is 7.13. The minimum absolute atomic E-state index is 0.0833. The molecule has 2 aromatic heterocycles. The number of amides is 1. The van der Waals surface area contributed by atoms with Gasteiger partial charge in [-0.1, -0.05) is 18.7 Å². The highest BCUT2D eigenvalue weighted by Crippen LogP contribution is 2.47. The average molecular weight is 441 g/mol. The minimum Gasteiger partial charge on any atom is -0.481 e. The number of alkyl carbamates (subject to hydrolysis) is 1. The number of aliphatic carboxylic acids is 1. The first-order chi connectivity index (χ1) is 15.4. The van der Waals surface area contributed by atoms with Gasteiger partial charge in [-0.25, -0.2) is 4.79 Å². The molecule has 2 aliphatic rings. The zero-order valence-corrected chi connectivity index (χ0v) is 17.7. The third-order valence-electron chi connectivity index (χ3n) is 4.82. The smallest absolute Gasteiger partial charge is 0.408 e. The number of carbonyl (C=O) groups excluding carboxylic acids is 1. The number of aromatic nitrogens is 4. The summed E-state index contributed by atoms with van der Waals surface area (Å²) in [5, 5.41) is 19.5. The van der Waals surface area contributed by atoms with Crippen LogP contribution in [0.5, 0.6) is 0 Å². The lowest BCUT2D eigenvalue weighted by Gasteiger charge is -2.15. The van der Waals surface area contributed by atoms with Crippen molar-refractivity contribution in [3.05, 3.63) is 73.9 Å². The number of aliphatic hydroxyl groups is 1. The van der Waals surface area contributed by atoms with E-state index in [1.807, 2.05) is 0 Å². The molecule has 0 bridgehead atoms. The van der Waals surface area contributed by atoms with E-state index in [2.05, 4.69) is 38.4 Å². The van der Waals surface area contributed by atoms with Crippen LogP contribution in [0.1, 0.15) is 37.1 Å². The van der Waals surface area contributed by atoms with Crippen LogP contribution in [0.25, 0.3) is 0 Å². The number of ether oxygens (including phenoxy) is 1. The van der Waals surface area contributed by atoms with E-state index in [1.165, 1.54) is 24.5 Å². The molecule has 10 heteroatoms. The van der Waals surface area contributed by atoms with Gasteiger partial charge in [-0.3, -0.25) is 24.7 Å². The maximum atomic E-state index is 11.4. The van der Waals surface area contributed by atoms with E-state index in [-0.39, 0.29) is 18.8 Å². The Morgan fingerprint density at radius 2 is 1.56 bits per heavy atom. The molecule has 0 unspecified atom stereocenters. The predicted octanol–water partition coefficient (Wildman–Crippen LogP) is 2.14. The Balaban J connectivity index is 0.000000200. The largest absolute Gasteiger partial charge is 0.481 e. The van der Waals surface area contributed by atoms with E-state index >= 15 is 0 Å². The summed E-state index contributed by atoms with van der Waals surface area (Å²) in [5.74, 6) is -0.789. The van der Waals surface area contributed by atoms with Gasteiger partial charge < -0.3 is 20.3 Å². The molecule has 2 aliphatic carbocycles.